The lowest BCUT2D eigenvalue weighted by Crippen LogP contribution is -2.41. The highest BCUT2D eigenvalue weighted by molar-refractivity contribution is 7.98. The van der Waals surface area contributed by atoms with Crippen LogP contribution >= 0.6 is 11.8 Å². The highest BCUT2D eigenvalue weighted by Crippen LogP contribution is 2.16. The molecule has 1 saturated heterocycles. The lowest BCUT2D eigenvalue weighted by molar-refractivity contribution is 0.0383. The Kier molecular flexibility index (Phi) is 5.62. The van der Waals surface area contributed by atoms with E-state index in [-0.39, 0.29) is 5.91 Å². The topological polar surface area (TPSA) is 54.5 Å². The minimum atomic E-state index is -0.0503. The zero-order chi connectivity index (χ0) is 13.5. The molecule has 104 valence electrons. The van der Waals surface area contributed by atoms with Crippen LogP contribution in [0.4, 0.5) is 0 Å². The maximum Gasteiger partial charge on any atom is 0.254 e. The highest BCUT2D eigenvalue weighted by atomic mass is 32.2. The first-order valence-electron chi connectivity index (χ1n) is 6.38. The third-order valence-corrected chi connectivity index (χ3v) is 3.74. The molecule has 1 aromatic heterocycles. The van der Waals surface area contributed by atoms with Gasteiger partial charge in [0.15, 0.2) is 0 Å². The first-order chi connectivity index (χ1) is 9.31. The quantitative estimate of drug-likeness (QED) is 0.812. The number of hydrogen-bond acceptors (Lipinski definition) is 5. The molecular formula is C13H19N3O2S. The minimum Gasteiger partial charge on any atom is -0.379 e. The molecule has 0 radical (unpaired) electrons. The summed E-state index contributed by atoms with van der Waals surface area (Å²) >= 11 is 1.49. The molecule has 1 aliphatic heterocycles. The second-order valence-corrected chi connectivity index (χ2v) is 5.07. The van der Waals surface area contributed by atoms with Crippen molar-refractivity contribution in [2.45, 2.75) is 5.03 Å². The molecule has 1 aliphatic rings. The van der Waals surface area contributed by atoms with Gasteiger partial charge in [0.05, 0.1) is 18.8 Å². The van der Waals surface area contributed by atoms with Crippen molar-refractivity contribution in [1.82, 2.24) is 15.2 Å². The zero-order valence-electron chi connectivity index (χ0n) is 11.1. The molecule has 0 saturated carbocycles. The van der Waals surface area contributed by atoms with Gasteiger partial charge in [0.1, 0.15) is 5.03 Å². The number of carbonyl (C=O) groups is 1. The Labute approximate surface area is 117 Å². The van der Waals surface area contributed by atoms with Gasteiger partial charge in [-0.3, -0.25) is 9.69 Å². The standard InChI is InChI=1S/C13H19N3O2S/c1-19-13-11(3-2-4-15-13)12(17)14-5-6-16-7-9-18-10-8-16/h2-4H,5-10H2,1H3,(H,14,17). The second kappa shape index (κ2) is 7.47. The van der Waals surface area contributed by atoms with Gasteiger partial charge in [-0.2, -0.15) is 0 Å². The molecular weight excluding hydrogens is 262 g/mol. The number of carbonyl (C=O) groups excluding carboxylic acids is 1. The summed E-state index contributed by atoms with van der Waals surface area (Å²) < 4.78 is 5.29. The third kappa shape index (κ3) is 4.19. The van der Waals surface area contributed by atoms with Crippen molar-refractivity contribution < 1.29 is 9.53 Å². The van der Waals surface area contributed by atoms with Crippen LogP contribution in [-0.4, -0.2) is 61.4 Å². The molecule has 19 heavy (non-hydrogen) atoms. The van der Waals surface area contributed by atoms with Crippen molar-refractivity contribution in [2.75, 3.05) is 45.6 Å². The Balaban J connectivity index is 1.80. The highest BCUT2D eigenvalue weighted by Gasteiger charge is 2.13. The van der Waals surface area contributed by atoms with Crippen molar-refractivity contribution in [2.24, 2.45) is 0 Å². The van der Waals surface area contributed by atoms with Crippen molar-refractivity contribution >= 4 is 17.7 Å². The van der Waals surface area contributed by atoms with Crippen LogP contribution in [0.3, 0.4) is 0 Å². The van der Waals surface area contributed by atoms with Crippen molar-refractivity contribution in [1.29, 1.82) is 0 Å². The van der Waals surface area contributed by atoms with Crippen LogP contribution in [0.15, 0.2) is 23.4 Å². The number of ether oxygens (including phenoxy) is 1. The summed E-state index contributed by atoms with van der Waals surface area (Å²) in [6.07, 6.45) is 3.63. The van der Waals surface area contributed by atoms with Crippen LogP contribution < -0.4 is 5.32 Å². The minimum absolute atomic E-state index is 0.0503. The molecule has 1 N–H and O–H groups in total. The van der Waals surface area contributed by atoms with Gasteiger partial charge < -0.3 is 10.1 Å². The number of rotatable bonds is 5. The lowest BCUT2D eigenvalue weighted by Gasteiger charge is -2.26. The fraction of sp³-hybridized carbons (Fsp3) is 0.538. The van der Waals surface area contributed by atoms with E-state index >= 15 is 0 Å². The fourth-order valence-electron chi connectivity index (χ4n) is 1.97. The Bertz CT molecular complexity index is 422. The summed E-state index contributed by atoms with van der Waals surface area (Å²) in [7, 11) is 0. The molecule has 0 aromatic carbocycles. The summed E-state index contributed by atoms with van der Waals surface area (Å²) in [6, 6.07) is 3.60. The summed E-state index contributed by atoms with van der Waals surface area (Å²) in [5.41, 5.74) is 0.650. The van der Waals surface area contributed by atoms with Gasteiger partial charge in [-0.25, -0.2) is 4.98 Å². The first-order valence-corrected chi connectivity index (χ1v) is 7.61. The molecule has 0 aliphatic carbocycles. The smallest absolute Gasteiger partial charge is 0.254 e. The zero-order valence-corrected chi connectivity index (χ0v) is 11.9. The summed E-state index contributed by atoms with van der Waals surface area (Å²) in [5, 5.41) is 3.72. The number of amides is 1. The van der Waals surface area contributed by atoms with Gasteiger partial charge in [-0.1, -0.05) is 0 Å². The number of morpholine rings is 1. The molecule has 1 fully saturated rings. The van der Waals surface area contributed by atoms with Crippen molar-refractivity contribution in [3.63, 3.8) is 0 Å². The van der Waals surface area contributed by atoms with Crippen LogP contribution in [0.25, 0.3) is 0 Å². The largest absolute Gasteiger partial charge is 0.379 e. The Hall–Kier alpha value is -1.11. The summed E-state index contributed by atoms with van der Waals surface area (Å²) in [6.45, 7) is 4.98. The molecule has 0 atom stereocenters. The number of nitrogens with zero attached hydrogens (tertiary/aromatic N) is 2. The van der Waals surface area contributed by atoms with Gasteiger partial charge >= 0.3 is 0 Å². The molecule has 0 spiro atoms. The van der Waals surface area contributed by atoms with E-state index in [2.05, 4.69) is 15.2 Å². The summed E-state index contributed by atoms with van der Waals surface area (Å²) in [5.74, 6) is -0.0503. The number of hydrogen-bond donors (Lipinski definition) is 1. The van der Waals surface area contributed by atoms with Crippen molar-refractivity contribution in [3.05, 3.63) is 23.9 Å². The van der Waals surface area contributed by atoms with E-state index in [1.165, 1.54) is 11.8 Å². The van der Waals surface area contributed by atoms with E-state index in [1.807, 2.05) is 12.3 Å². The van der Waals surface area contributed by atoms with Crippen LogP contribution in [0.1, 0.15) is 10.4 Å². The number of nitrogens with one attached hydrogen (secondary N) is 1. The monoisotopic (exact) mass is 281 g/mol. The van der Waals surface area contributed by atoms with Gasteiger partial charge in [0, 0.05) is 32.4 Å². The molecule has 0 unspecified atom stereocenters. The molecule has 1 aromatic rings. The molecule has 2 rings (SSSR count). The molecule has 6 heteroatoms. The predicted octanol–water partition coefficient (Wildman–Crippen LogP) is 0.865. The second-order valence-electron chi connectivity index (χ2n) is 4.27. The van der Waals surface area contributed by atoms with E-state index in [0.717, 1.165) is 37.9 Å². The van der Waals surface area contributed by atoms with E-state index in [9.17, 15) is 4.79 Å². The first kappa shape index (κ1) is 14.3. The van der Waals surface area contributed by atoms with Crippen LogP contribution in [0.2, 0.25) is 0 Å². The fourth-order valence-corrected chi connectivity index (χ4v) is 2.52. The number of pyridine rings is 1. The van der Waals surface area contributed by atoms with E-state index < -0.39 is 0 Å². The molecule has 2 heterocycles. The third-order valence-electron chi connectivity index (χ3n) is 3.03. The average molecular weight is 281 g/mol. The van der Waals surface area contributed by atoms with Gasteiger partial charge in [0.2, 0.25) is 0 Å². The van der Waals surface area contributed by atoms with E-state index in [1.54, 1.807) is 12.3 Å². The van der Waals surface area contributed by atoms with Gasteiger partial charge in [0.25, 0.3) is 5.91 Å². The summed E-state index contributed by atoms with van der Waals surface area (Å²) in [4.78, 5) is 18.5. The molecule has 5 nitrogen and oxygen atoms in total. The van der Waals surface area contributed by atoms with Gasteiger partial charge in [-0.15, -0.1) is 11.8 Å². The van der Waals surface area contributed by atoms with E-state index in [4.69, 9.17) is 4.74 Å². The molecule has 1 amide bonds. The lowest BCUT2D eigenvalue weighted by atomic mass is 10.2. The number of thioether (sulfide) groups is 1. The average Bonchev–Trinajstić information content (AvgIpc) is 2.48. The SMILES string of the molecule is CSc1ncccc1C(=O)NCCN1CCOCC1. The number of aromatic nitrogens is 1. The Morgan fingerprint density at radius 2 is 2.32 bits per heavy atom. The van der Waals surface area contributed by atoms with Crippen molar-refractivity contribution in [3.8, 4) is 0 Å². The van der Waals surface area contributed by atoms with Crippen LogP contribution in [0.5, 0.6) is 0 Å². The van der Waals surface area contributed by atoms with Gasteiger partial charge in [-0.05, 0) is 18.4 Å². The van der Waals surface area contributed by atoms with E-state index in [0.29, 0.717) is 12.1 Å². The molecule has 0 bridgehead atoms. The maximum absolute atomic E-state index is 12.1. The predicted molar refractivity (Wildman–Crippen MR) is 75.6 cm³/mol. The van der Waals surface area contributed by atoms with Crippen LogP contribution in [0, 0.1) is 0 Å². The Morgan fingerprint density at radius 1 is 1.53 bits per heavy atom. The maximum atomic E-state index is 12.1. The Morgan fingerprint density at radius 3 is 3.05 bits per heavy atom. The normalized spacial score (nSPS) is 16.3. The van der Waals surface area contributed by atoms with Crippen LogP contribution in [-0.2, 0) is 4.74 Å².